The van der Waals surface area contributed by atoms with E-state index in [0.29, 0.717) is 18.6 Å². The highest BCUT2D eigenvalue weighted by atomic mass is 19.1. The first-order valence-corrected chi connectivity index (χ1v) is 5.58. The van der Waals surface area contributed by atoms with Gasteiger partial charge in [-0.1, -0.05) is 0 Å². The van der Waals surface area contributed by atoms with Gasteiger partial charge in [-0.05, 0) is 12.1 Å². The van der Waals surface area contributed by atoms with Crippen molar-refractivity contribution < 1.29 is 13.9 Å². The van der Waals surface area contributed by atoms with Gasteiger partial charge in [-0.3, -0.25) is 4.79 Å². The second-order valence-corrected chi connectivity index (χ2v) is 3.88. The summed E-state index contributed by atoms with van der Waals surface area (Å²) in [6, 6.07) is 2.98. The predicted molar refractivity (Wildman–Crippen MR) is 63.7 cm³/mol. The first-order chi connectivity index (χ1) is 8.69. The third-order valence-electron chi connectivity index (χ3n) is 2.44. The number of nitrogens with zero attached hydrogens (tertiary/aromatic N) is 2. The SMILES string of the molecule is COCC(=O)NCCc1cn2cc(F)ccc2n1. The number of imidazole rings is 1. The van der Waals surface area contributed by atoms with Crippen molar-refractivity contribution >= 4 is 11.6 Å². The number of fused-ring (bicyclic) bond motifs is 1. The maximum atomic E-state index is 13.0. The van der Waals surface area contributed by atoms with E-state index in [4.69, 9.17) is 4.74 Å². The van der Waals surface area contributed by atoms with Gasteiger partial charge in [-0.25, -0.2) is 9.37 Å². The Kier molecular flexibility index (Phi) is 3.88. The number of aromatic nitrogens is 2. The fraction of sp³-hybridized carbons (Fsp3) is 0.333. The minimum Gasteiger partial charge on any atom is -0.375 e. The van der Waals surface area contributed by atoms with Crippen LogP contribution in [0.4, 0.5) is 4.39 Å². The van der Waals surface area contributed by atoms with Crippen molar-refractivity contribution in [3.05, 3.63) is 36.0 Å². The molecule has 0 saturated carbocycles. The van der Waals surface area contributed by atoms with Crippen molar-refractivity contribution in [1.82, 2.24) is 14.7 Å². The molecule has 0 unspecified atom stereocenters. The summed E-state index contributed by atoms with van der Waals surface area (Å²) in [5.41, 5.74) is 1.49. The first kappa shape index (κ1) is 12.5. The summed E-state index contributed by atoms with van der Waals surface area (Å²) < 4.78 is 19.3. The van der Waals surface area contributed by atoms with Gasteiger partial charge in [0.2, 0.25) is 5.91 Å². The third kappa shape index (κ3) is 3.04. The number of carbonyl (C=O) groups excluding carboxylic acids is 1. The Balaban J connectivity index is 1.94. The lowest BCUT2D eigenvalue weighted by Crippen LogP contribution is -2.29. The van der Waals surface area contributed by atoms with Crippen molar-refractivity contribution in [1.29, 1.82) is 0 Å². The maximum absolute atomic E-state index is 13.0. The fourth-order valence-electron chi connectivity index (χ4n) is 1.65. The molecule has 0 aliphatic heterocycles. The van der Waals surface area contributed by atoms with E-state index < -0.39 is 0 Å². The molecule has 18 heavy (non-hydrogen) atoms. The van der Waals surface area contributed by atoms with E-state index in [1.54, 1.807) is 16.7 Å². The largest absolute Gasteiger partial charge is 0.375 e. The summed E-state index contributed by atoms with van der Waals surface area (Å²) in [5.74, 6) is -0.466. The highest BCUT2D eigenvalue weighted by molar-refractivity contribution is 5.77. The average molecular weight is 251 g/mol. The van der Waals surface area contributed by atoms with E-state index in [2.05, 4.69) is 10.3 Å². The zero-order valence-corrected chi connectivity index (χ0v) is 10.0. The van der Waals surface area contributed by atoms with Crippen LogP contribution in [0.25, 0.3) is 5.65 Å². The van der Waals surface area contributed by atoms with Crippen LogP contribution in [0, 0.1) is 5.82 Å². The molecule has 0 bridgehead atoms. The summed E-state index contributed by atoms with van der Waals surface area (Å²) in [4.78, 5) is 15.4. The normalized spacial score (nSPS) is 10.8. The first-order valence-electron chi connectivity index (χ1n) is 5.58. The van der Waals surface area contributed by atoms with Crippen LogP contribution in [-0.4, -0.2) is 35.6 Å². The highest BCUT2D eigenvalue weighted by Gasteiger charge is 2.04. The smallest absolute Gasteiger partial charge is 0.245 e. The standard InChI is InChI=1S/C12H14FN3O2/c1-18-8-12(17)14-5-4-10-7-16-6-9(13)2-3-11(16)15-10/h2-3,6-7H,4-5,8H2,1H3,(H,14,17). The molecule has 0 atom stereocenters. The van der Waals surface area contributed by atoms with Crippen molar-refractivity contribution in [2.75, 3.05) is 20.3 Å². The molecule has 6 heteroatoms. The van der Waals surface area contributed by atoms with Crippen molar-refractivity contribution in [3.8, 4) is 0 Å². The molecule has 0 radical (unpaired) electrons. The lowest BCUT2D eigenvalue weighted by molar-refractivity contribution is -0.124. The summed E-state index contributed by atoms with van der Waals surface area (Å²) >= 11 is 0. The van der Waals surface area contributed by atoms with Gasteiger partial charge in [-0.2, -0.15) is 0 Å². The number of carbonyl (C=O) groups is 1. The van der Waals surface area contributed by atoms with Crippen LogP contribution in [0.5, 0.6) is 0 Å². The number of hydrogen-bond acceptors (Lipinski definition) is 3. The number of ether oxygens (including phenoxy) is 1. The summed E-state index contributed by atoms with van der Waals surface area (Å²) in [7, 11) is 1.47. The Morgan fingerprint density at radius 3 is 3.11 bits per heavy atom. The van der Waals surface area contributed by atoms with Gasteiger partial charge in [0.05, 0.1) is 5.69 Å². The topological polar surface area (TPSA) is 55.6 Å². The van der Waals surface area contributed by atoms with Crippen LogP contribution in [0.15, 0.2) is 24.5 Å². The molecule has 0 spiro atoms. The number of methoxy groups -OCH3 is 1. The Labute approximate surface area is 104 Å². The van der Waals surface area contributed by atoms with Crippen LogP contribution < -0.4 is 5.32 Å². The van der Waals surface area contributed by atoms with Gasteiger partial charge < -0.3 is 14.5 Å². The molecular formula is C12H14FN3O2. The molecule has 0 aliphatic carbocycles. The Hall–Kier alpha value is -1.95. The number of nitrogens with one attached hydrogen (secondary N) is 1. The highest BCUT2D eigenvalue weighted by Crippen LogP contribution is 2.07. The number of hydrogen-bond donors (Lipinski definition) is 1. The number of amides is 1. The molecule has 2 aromatic heterocycles. The molecule has 2 aromatic rings. The van der Waals surface area contributed by atoms with Crippen molar-refractivity contribution in [2.24, 2.45) is 0 Å². The second kappa shape index (κ2) is 5.59. The van der Waals surface area contributed by atoms with E-state index in [-0.39, 0.29) is 18.3 Å². The lowest BCUT2D eigenvalue weighted by atomic mass is 10.3. The van der Waals surface area contributed by atoms with Crippen molar-refractivity contribution in [3.63, 3.8) is 0 Å². The van der Waals surface area contributed by atoms with Gasteiger partial charge in [0.25, 0.3) is 0 Å². The average Bonchev–Trinajstić information content (AvgIpc) is 2.71. The monoisotopic (exact) mass is 251 g/mol. The Morgan fingerprint density at radius 2 is 2.33 bits per heavy atom. The zero-order valence-electron chi connectivity index (χ0n) is 10.0. The van der Waals surface area contributed by atoms with Gasteiger partial charge >= 0.3 is 0 Å². The predicted octanol–water partition coefficient (Wildman–Crippen LogP) is 0.778. The lowest BCUT2D eigenvalue weighted by Gasteiger charge is -2.01. The third-order valence-corrected chi connectivity index (χ3v) is 2.44. The van der Waals surface area contributed by atoms with Crippen LogP contribution in [-0.2, 0) is 16.0 Å². The van der Waals surface area contributed by atoms with E-state index in [0.717, 1.165) is 5.69 Å². The molecule has 0 fully saturated rings. The number of rotatable bonds is 5. The second-order valence-electron chi connectivity index (χ2n) is 3.88. The van der Waals surface area contributed by atoms with Gasteiger partial charge in [-0.15, -0.1) is 0 Å². The molecule has 0 aromatic carbocycles. The summed E-state index contributed by atoms with van der Waals surface area (Å²) in [6.07, 6.45) is 3.72. The molecule has 0 saturated heterocycles. The molecular weight excluding hydrogens is 237 g/mol. The maximum Gasteiger partial charge on any atom is 0.245 e. The van der Waals surface area contributed by atoms with Gasteiger partial charge in [0.15, 0.2) is 0 Å². The Morgan fingerprint density at radius 1 is 1.50 bits per heavy atom. The van der Waals surface area contributed by atoms with Gasteiger partial charge in [0, 0.05) is 32.5 Å². The summed E-state index contributed by atoms with van der Waals surface area (Å²) in [5, 5.41) is 2.70. The summed E-state index contributed by atoms with van der Waals surface area (Å²) in [6.45, 7) is 0.533. The minimum absolute atomic E-state index is 0.0520. The van der Waals surface area contributed by atoms with Crippen LogP contribution in [0.2, 0.25) is 0 Å². The number of pyridine rings is 1. The zero-order chi connectivity index (χ0) is 13.0. The quantitative estimate of drug-likeness (QED) is 0.854. The molecule has 0 aliphatic rings. The van der Waals surface area contributed by atoms with Crippen LogP contribution in [0.1, 0.15) is 5.69 Å². The molecule has 1 N–H and O–H groups in total. The fourth-order valence-corrected chi connectivity index (χ4v) is 1.65. The van der Waals surface area contributed by atoms with Gasteiger partial charge in [0.1, 0.15) is 18.1 Å². The van der Waals surface area contributed by atoms with E-state index in [1.807, 2.05) is 0 Å². The number of halogens is 1. The molecule has 1 amide bonds. The van der Waals surface area contributed by atoms with E-state index >= 15 is 0 Å². The molecule has 2 rings (SSSR count). The van der Waals surface area contributed by atoms with Crippen LogP contribution >= 0.6 is 0 Å². The minimum atomic E-state index is -0.306. The van der Waals surface area contributed by atoms with E-state index in [9.17, 15) is 9.18 Å². The molecule has 5 nitrogen and oxygen atoms in total. The molecule has 96 valence electrons. The molecule has 2 heterocycles. The van der Waals surface area contributed by atoms with Crippen molar-refractivity contribution in [2.45, 2.75) is 6.42 Å². The van der Waals surface area contributed by atoms with Crippen LogP contribution in [0.3, 0.4) is 0 Å². The van der Waals surface area contributed by atoms with E-state index in [1.165, 1.54) is 19.4 Å². The Bertz CT molecular complexity index is 553.